The third-order valence-corrected chi connectivity index (χ3v) is 3.51. The minimum atomic E-state index is 0.324. The van der Waals surface area contributed by atoms with Crippen molar-refractivity contribution in [3.8, 4) is 0 Å². The van der Waals surface area contributed by atoms with E-state index in [9.17, 15) is 0 Å². The zero-order valence-corrected chi connectivity index (χ0v) is 10.3. The lowest BCUT2D eigenvalue weighted by Crippen LogP contribution is -2.61. The van der Waals surface area contributed by atoms with E-state index >= 15 is 0 Å². The number of hydrogen-bond acceptors (Lipinski definition) is 3. The van der Waals surface area contributed by atoms with Crippen LogP contribution in [0.2, 0.25) is 0 Å². The molecule has 1 heterocycles. The molecule has 0 radical (unpaired) electrons. The normalized spacial score (nSPS) is 29.4. The number of nitrogens with one attached hydrogen (secondary N) is 1. The quantitative estimate of drug-likeness (QED) is 0.719. The Labute approximate surface area is 88.5 Å². The van der Waals surface area contributed by atoms with Crippen LogP contribution in [0.5, 0.6) is 0 Å². The Morgan fingerprint density at radius 3 is 2.57 bits per heavy atom. The summed E-state index contributed by atoms with van der Waals surface area (Å²) in [4.78, 5) is 4.98. The topological polar surface area (TPSA) is 18.5 Å². The van der Waals surface area contributed by atoms with E-state index in [-0.39, 0.29) is 0 Å². The SMILES string of the molecule is CNCCC1CN(C)C(C)(C)CN1C. The maximum Gasteiger partial charge on any atom is 0.0277 e. The average molecular weight is 199 g/mol. The molecule has 0 aliphatic carbocycles. The van der Waals surface area contributed by atoms with E-state index < -0.39 is 0 Å². The number of piperazine rings is 1. The Balaban J connectivity index is 2.49. The first-order valence-electron chi connectivity index (χ1n) is 5.53. The average Bonchev–Trinajstić information content (AvgIpc) is 2.08. The molecule has 1 aliphatic heterocycles. The maximum absolute atomic E-state index is 3.23. The van der Waals surface area contributed by atoms with Crippen molar-refractivity contribution < 1.29 is 0 Å². The summed E-state index contributed by atoms with van der Waals surface area (Å²) in [5.41, 5.74) is 0.324. The Hall–Kier alpha value is -0.120. The molecule has 0 bridgehead atoms. The van der Waals surface area contributed by atoms with Gasteiger partial charge >= 0.3 is 0 Å². The van der Waals surface area contributed by atoms with Crippen LogP contribution < -0.4 is 5.32 Å². The van der Waals surface area contributed by atoms with E-state index in [1.165, 1.54) is 13.0 Å². The first kappa shape index (κ1) is 12.0. The molecule has 0 aromatic carbocycles. The second-order valence-electron chi connectivity index (χ2n) is 5.15. The molecule has 0 aromatic heterocycles. The van der Waals surface area contributed by atoms with Crippen molar-refractivity contribution in [3.05, 3.63) is 0 Å². The van der Waals surface area contributed by atoms with Crippen LogP contribution in [0.1, 0.15) is 20.3 Å². The first-order valence-corrected chi connectivity index (χ1v) is 5.53. The van der Waals surface area contributed by atoms with Gasteiger partial charge in [-0.2, -0.15) is 0 Å². The van der Waals surface area contributed by atoms with Gasteiger partial charge in [-0.05, 0) is 48.0 Å². The van der Waals surface area contributed by atoms with Gasteiger partial charge in [0.2, 0.25) is 0 Å². The minimum absolute atomic E-state index is 0.324. The van der Waals surface area contributed by atoms with Gasteiger partial charge in [-0.25, -0.2) is 0 Å². The van der Waals surface area contributed by atoms with Crippen molar-refractivity contribution in [3.63, 3.8) is 0 Å². The van der Waals surface area contributed by atoms with Crippen LogP contribution in [0.15, 0.2) is 0 Å². The maximum atomic E-state index is 3.23. The first-order chi connectivity index (χ1) is 6.47. The second-order valence-corrected chi connectivity index (χ2v) is 5.15. The number of likely N-dealkylation sites (N-methyl/N-ethyl adjacent to an activating group) is 2. The predicted molar refractivity (Wildman–Crippen MR) is 61.7 cm³/mol. The summed E-state index contributed by atoms with van der Waals surface area (Å²) < 4.78 is 0. The molecular weight excluding hydrogens is 174 g/mol. The summed E-state index contributed by atoms with van der Waals surface area (Å²) >= 11 is 0. The molecule has 14 heavy (non-hydrogen) atoms. The molecule has 0 amide bonds. The summed E-state index contributed by atoms with van der Waals surface area (Å²) in [5, 5.41) is 3.23. The van der Waals surface area contributed by atoms with Gasteiger partial charge in [0.1, 0.15) is 0 Å². The van der Waals surface area contributed by atoms with Crippen LogP contribution in [0, 0.1) is 0 Å². The number of hydrogen-bond donors (Lipinski definition) is 1. The van der Waals surface area contributed by atoms with Gasteiger partial charge in [0, 0.05) is 24.7 Å². The molecule has 1 atom stereocenters. The highest BCUT2D eigenvalue weighted by atomic mass is 15.3. The fourth-order valence-electron chi connectivity index (χ4n) is 2.19. The Morgan fingerprint density at radius 1 is 1.36 bits per heavy atom. The molecule has 0 aromatic rings. The summed E-state index contributed by atoms with van der Waals surface area (Å²) in [6, 6.07) is 0.709. The monoisotopic (exact) mass is 199 g/mol. The molecule has 1 N–H and O–H groups in total. The third-order valence-electron chi connectivity index (χ3n) is 3.51. The Kier molecular flexibility index (Phi) is 3.93. The van der Waals surface area contributed by atoms with Crippen LogP contribution in [-0.4, -0.2) is 62.2 Å². The largest absolute Gasteiger partial charge is 0.320 e. The molecule has 3 nitrogen and oxygen atoms in total. The lowest BCUT2D eigenvalue weighted by atomic mass is 9.95. The summed E-state index contributed by atoms with van der Waals surface area (Å²) in [6.45, 7) is 8.10. The predicted octanol–water partition coefficient (Wildman–Crippen LogP) is 0.620. The van der Waals surface area contributed by atoms with Gasteiger partial charge in [0.05, 0.1) is 0 Å². The molecule has 1 saturated heterocycles. The van der Waals surface area contributed by atoms with E-state index in [2.05, 4.69) is 43.1 Å². The number of nitrogens with zero attached hydrogens (tertiary/aromatic N) is 2. The van der Waals surface area contributed by atoms with E-state index in [0.717, 1.165) is 13.1 Å². The highest BCUT2D eigenvalue weighted by molar-refractivity contribution is 4.92. The molecule has 3 heteroatoms. The van der Waals surface area contributed by atoms with Crippen molar-refractivity contribution in [1.29, 1.82) is 0 Å². The fourth-order valence-corrected chi connectivity index (χ4v) is 2.19. The Bertz CT molecular complexity index is 179. The van der Waals surface area contributed by atoms with Crippen molar-refractivity contribution >= 4 is 0 Å². The molecular formula is C11H25N3. The van der Waals surface area contributed by atoms with Crippen LogP contribution in [0.4, 0.5) is 0 Å². The molecule has 1 aliphatic rings. The van der Waals surface area contributed by atoms with Gasteiger partial charge in [-0.3, -0.25) is 4.90 Å². The highest BCUT2D eigenvalue weighted by Gasteiger charge is 2.34. The van der Waals surface area contributed by atoms with Gasteiger partial charge in [0.15, 0.2) is 0 Å². The van der Waals surface area contributed by atoms with Crippen LogP contribution >= 0.6 is 0 Å². The van der Waals surface area contributed by atoms with Crippen molar-refractivity contribution in [2.75, 3.05) is 40.8 Å². The highest BCUT2D eigenvalue weighted by Crippen LogP contribution is 2.22. The lowest BCUT2D eigenvalue weighted by molar-refractivity contribution is 0.0110. The summed E-state index contributed by atoms with van der Waals surface area (Å²) in [6.07, 6.45) is 1.24. The molecule has 1 fully saturated rings. The van der Waals surface area contributed by atoms with E-state index in [1.54, 1.807) is 0 Å². The Morgan fingerprint density at radius 2 is 2.00 bits per heavy atom. The van der Waals surface area contributed by atoms with Gasteiger partial charge < -0.3 is 10.2 Å². The summed E-state index contributed by atoms with van der Waals surface area (Å²) in [5.74, 6) is 0. The van der Waals surface area contributed by atoms with Crippen molar-refractivity contribution in [1.82, 2.24) is 15.1 Å². The van der Waals surface area contributed by atoms with Crippen LogP contribution in [0.25, 0.3) is 0 Å². The molecule has 0 spiro atoms. The van der Waals surface area contributed by atoms with Crippen molar-refractivity contribution in [2.45, 2.75) is 31.8 Å². The number of rotatable bonds is 3. The minimum Gasteiger partial charge on any atom is -0.320 e. The summed E-state index contributed by atoms with van der Waals surface area (Å²) in [7, 11) is 6.50. The van der Waals surface area contributed by atoms with E-state index in [4.69, 9.17) is 0 Å². The lowest BCUT2D eigenvalue weighted by Gasteiger charge is -2.48. The van der Waals surface area contributed by atoms with E-state index in [1.807, 2.05) is 7.05 Å². The fraction of sp³-hybridized carbons (Fsp3) is 1.00. The third kappa shape index (κ3) is 2.69. The molecule has 0 saturated carbocycles. The molecule has 84 valence electrons. The van der Waals surface area contributed by atoms with E-state index in [0.29, 0.717) is 11.6 Å². The van der Waals surface area contributed by atoms with Crippen LogP contribution in [0.3, 0.4) is 0 Å². The molecule has 1 unspecified atom stereocenters. The van der Waals surface area contributed by atoms with Gasteiger partial charge in [-0.1, -0.05) is 0 Å². The zero-order valence-electron chi connectivity index (χ0n) is 10.3. The standard InChI is InChI=1S/C11H25N3/c1-11(2)9-13(4)10(6-7-12-3)8-14(11)5/h10,12H,6-9H2,1-5H3. The van der Waals surface area contributed by atoms with Crippen LogP contribution in [-0.2, 0) is 0 Å². The second kappa shape index (κ2) is 4.60. The zero-order chi connectivity index (χ0) is 10.8. The van der Waals surface area contributed by atoms with Gasteiger partial charge in [-0.15, -0.1) is 0 Å². The molecule has 1 rings (SSSR count). The van der Waals surface area contributed by atoms with Gasteiger partial charge in [0.25, 0.3) is 0 Å². The van der Waals surface area contributed by atoms with Crippen molar-refractivity contribution in [2.24, 2.45) is 0 Å². The smallest absolute Gasteiger partial charge is 0.0277 e.